The van der Waals surface area contributed by atoms with Crippen molar-refractivity contribution in [3.05, 3.63) is 35.9 Å². The quantitative estimate of drug-likeness (QED) is 0.550. The maximum absolute atomic E-state index is 11.0. The van der Waals surface area contributed by atoms with Crippen LogP contribution in [0.1, 0.15) is 5.56 Å². The molecule has 0 bridgehead atoms. The fourth-order valence-electron chi connectivity index (χ4n) is 1.15. The van der Waals surface area contributed by atoms with Crippen LogP contribution in [0.2, 0.25) is 0 Å². The van der Waals surface area contributed by atoms with Crippen molar-refractivity contribution in [3.8, 4) is 0 Å². The van der Waals surface area contributed by atoms with Gasteiger partial charge in [-0.3, -0.25) is 0 Å². The van der Waals surface area contributed by atoms with Gasteiger partial charge < -0.3 is 10.5 Å². The van der Waals surface area contributed by atoms with Crippen LogP contribution in [0.4, 0.5) is 0 Å². The van der Waals surface area contributed by atoms with Crippen molar-refractivity contribution < 1.29 is 44.1 Å². The predicted octanol–water partition coefficient (Wildman–Crippen LogP) is -4.74. The molecule has 0 aromatic heterocycles. The molecule has 0 amide bonds. The average Bonchev–Trinajstić information content (AvgIpc) is 2.27. The fraction of sp³-hybridized carbons (Fsp3) is 0.300. The Bertz CT molecular complexity index is 347. The summed E-state index contributed by atoms with van der Waals surface area (Å²) in [6.07, 6.45) is 0.632. The van der Waals surface area contributed by atoms with E-state index in [1.165, 1.54) is 7.11 Å². The van der Waals surface area contributed by atoms with Crippen molar-refractivity contribution in [1.82, 2.24) is 0 Å². The molecule has 1 unspecified atom stereocenters. The Morgan fingerprint density at radius 2 is 1.72 bits per heavy atom. The van der Waals surface area contributed by atoms with E-state index in [2.05, 4.69) is 10.5 Å². The van der Waals surface area contributed by atoms with E-state index in [0.29, 0.717) is 6.42 Å². The first-order valence-corrected chi connectivity index (χ1v) is 6.04. The minimum absolute atomic E-state index is 0.260. The van der Waals surface area contributed by atoms with Crippen molar-refractivity contribution >= 4 is 5.97 Å². The lowest BCUT2D eigenvalue weighted by Crippen LogP contribution is -2.68. The Kier molecular flexibility index (Phi) is 7.44. The van der Waals surface area contributed by atoms with Gasteiger partial charge in [-0.1, -0.05) is 30.3 Å². The van der Waals surface area contributed by atoms with E-state index in [4.69, 9.17) is 18.6 Å². The summed E-state index contributed by atoms with van der Waals surface area (Å²) in [4.78, 5) is 11.0. The first kappa shape index (κ1) is 16.8. The molecule has 1 aromatic rings. The molecule has 18 heavy (non-hydrogen) atoms. The molecule has 0 fully saturated rings. The van der Waals surface area contributed by atoms with E-state index >= 15 is 0 Å². The summed E-state index contributed by atoms with van der Waals surface area (Å²) >= 11 is 0. The second kappa shape index (κ2) is 7.98. The van der Waals surface area contributed by atoms with Gasteiger partial charge in [0.1, 0.15) is 0 Å². The molecule has 102 valence electrons. The predicted molar refractivity (Wildman–Crippen MR) is 48.8 cm³/mol. The summed E-state index contributed by atoms with van der Waals surface area (Å²) in [7, 11) is -3.56. The van der Waals surface area contributed by atoms with Crippen molar-refractivity contribution in [1.29, 1.82) is 0 Å². The summed E-state index contributed by atoms with van der Waals surface area (Å²) in [5.41, 5.74) is 4.83. The van der Waals surface area contributed by atoms with Crippen LogP contribution < -0.4 is 24.4 Å². The van der Waals surface area contributed by atoms with Crippen molar-refractivity contribution in [2.24, 2.45) is 0 Å². The van der Waals surface area contributed by atoms with Gasteiger partial charge in [-0.05, 0) is 5.56 Å². The molecule has 1 aromatic carbocycles. The lowest BCUT2D eigenvalue weighted by atomic mass is 10.1. The SMILES string of the molecule is COC(=O)C([NH3+])Cc1ccccc1.[O-][Cl+3]([O-])([O-])[O-]. The standard InChI is InChI=1S/C10H13NO2.ClHO4/c1-13-10(12)9(11)7-8-5-3-2-4-6-8;2-1(3,4)5/h2-6,9H,7,11H2,1H3;(H,2,3,4,5). The highest BCUT2D eigenvalue weighted by Crippen LogP contribution is 2.01. The highest BCUT2D eigenvalue weighted by atomic mass is 35.7. The van der Waals surface area contributed by atoms with Gasteiger partial charge in [-0.15, -0.1) is 10.2 Å². The van der Waals surface area contributed by atoms with E-state index < -0.39 is 10.2 Å². The van der Waals surface area contributed by atoms with Crippen LogP contribution in [-0.2, 0) is 16.0 Å². The number of carbonyl (C=O) groups excluding carboxylic acids is 1. The average molecular weight is 280 g/mol. The number of esters is 1. The summed E-state index contributed by atoms with van der Waals surface area (Å²) in [5, 5.41) is 0. The maximum atomic E-state index is 11.0. The molecule has 0 aliphatic heterocycles. The highest BCUT2D eigenvalue weighted by Gasteiger charge is 2.17. The smallest absolute Gasteiger partial charge is 0.364 e. The largest absolute Gasteiger partial charge is 0.465 e. The molecule has 0 aliphatic carbocycles. The number of quaternary nitrogens is 1. The molecule has 0 saturated heterocycles. The zero-order valence-corrected chi connectivity index (χ0v) is 10.5. The van der Waals surface area contributed by atoms with E-state index in [-0.39, 0.29) is 12.0 Å². The van der Waals surface area contributed by atoms with Gasteiger partial charge in [-0.2, -0.15) is 0 Å². The molecule has 1 rings (SSSR count). The highest BCUT2D eigenvalue weighted by molar-refractivity contribution is 5.74. The van der Waals surface area contributed by atoms with E-state index in [1.807, 2.05) is 30.3 Å². The monoisotopic (exact) mass is 279 g/mol. The van der Waals surface area contributed by atoms with Crippen LogP contribution >= 0.6 is 0 Å². The van der Waals surface area contributed by atoms with Crippen LogP contribution in [0.15, 0.2) is 30.3 Å². The van der Waals surface area contributed by atoms with Crippen LogP contribution in [0.5, 0.6) is 0 Å². The van der Waals surface area contributed by atoms with Gasteiger partial charge in [0, 0.05) is 6.42 Å². The Morgan fingerprint density at radius 3 is 2.11 bits per heavy atom. The Labute approximate surface area is 106 Å². The summed E-state index contributed by atoms with van der Waals surface area (Å²) in [6, 6.07) is 9.47. The number of carbonyl (C=O) groups is 1. The number of hydrogen-bond donors (Lipinski definition) is 1. The molecule has 0 aliphatic rings. The molecule has 0 heterocycles. The van der Waals surface area contributed by atoms with E-state index in [0.717, 1.165) is 5.56 Å². The molecular weight excluding hydrogens is 266 g/mol. The number of hydrogen-bond acceptors (Lipinski definition) is 6. The Morgan fingerprint density at radius 1 is 1.28 bits per heavy atom. The Hall–Kier alpha value is -1.22. The van der Waals surface area contributed by atoms with E-state index in [9.17, 15) is 4.79 Å². The van der Waals surface area contributed by atoms with Crippen molar-refractivity contribution in [2.75, 3.05) is 7.11 Å². The molecule has 3 N–H and O–H groups in total. The number of ether oxygens (including phenoxy) is 1. The van der Waals surface area contributed by atoms with Gasteiger partial charge in [0.05, 0.1) is 7.11 Å². The van der Waals surface area contributed by atoms with Crippen LogP contribution in [0.25, 0.3) is 0 Å². The zero-order chi connectivity index (χ0) is 14.2. The molecule has 1 atom stereocenters. The molecular formula is C10H14ClNO6. The minimum atomic E-state index is -4.94. The third-order valence-corrected chi connectivity index (χ3v) is 1.86. The van der Waals surface area contributed by atoms with Gasteiger partial charge in [0.2, 0.25) is 0 Å². The van der Waals surface area contributed by atoms with Gasteiger partial charge in [-0.25, -0.2) is 23.4 Å². The lowest BCUT2D eigenvalue weighted by Gasteiger charge is -2.17. The second-order valence-corrected chi connectivity index (χ2v) is 4.04. The van der Waals surface area contributed by atoms with Crippen LogP contribution in [-0.4, -0.2) is 19.1 Å². The summed E-state index contributed by atoms with van der Waals surface area (Å²) in [6.45, 7) is 0. The topological polar surface area (TPSA) is 146 Å². The fourth-order valence-corrected chi connectivity index (χ4v) is 1.15. The first-order chi connectivity index (χ1) is 8.24. The zero-order valence-electron chi connectivity index (χ0n) is 9.71. The summed E-state index contributed by atoms with van der Waals surface area (Å²) < 4.78 is 38.6. The summed E-state index contributed by atoms with van der Waals surface area (Å²) in [5.74, 6) is -0.260. The lowest BCUT2D eigenvalue weighted by molar-refractivity contribution is -2.00. The van der Waals surface area contributed by atoms with Crippen LogP contribution in [0.3, 0.4) is 0 Å². The molecule has 7 nitrogen and oxygen atoms in total. The minimum Gasteiger partial charge on any atom is -0.465 e. The van der Waals surface area contributed by atoms with Crippen molar-refractivity contribution in [2.45, 2.75) is 12.5 Å². The number of methoxy groups -OCH3 is 1. The first-order valence-electron chi connectivity index (χ1n) is 4.80. The van der Waals surface area contributed by atoms with Crippen molar-refractivity contribution in [3.63, 3.8) is 0 Å². The second-order valence-electron chi connectivity index (χ2n) is 3.29. The third-order valence-electron chi connectivity index (χ3n) is 1.86. The number of rotatable bonds is 3. The number of benzene rings is 1. The maximum Gasteiger partial charge on any atom is 0.364 e. The molecule has 0 saturated carbocycles. The van der Waals surface area contributed by atoms with E-state index in [1.54, 1.807) is 0 Å². The molecule has 0 spiro atoms. The number of halogens is 1. The normalized spacial score (nSPS) is 12.1. The van der Waals surface area contributed by atoms with Crippen LogP contribution in [0, 0.1) is 10.2 Å². The van der Waals surface area contributed by atoms with Gasteiger partial charge >= 0.3 is 5.97 Å². The third kappa shape index (κ3) is 9.97. The molecule has 0 radical (unpaired) electrons. The molecule has 8 heteroatoms. The van der Waals surface area contributed by atoms with Gasteiger partial charge in [0.25, 0.3) is 0 Å². The van der Waals surface area contributed by atoms with Gasteiger partial charge in [0.15, 0.2) is 6.04 Å². The Balaban J connectivity index is 0.000000494.